The van der Waals surface area contributed by atoms with E-state index >= 15 is 0 Å². The Morgan fingerprint density at radius 1 is 1.14 bits per heavy atom. The third-order valence-electron chi connectivity index (χ3n) is 3.96. The van der Waals surface area contributed by atoms with Crippen molar-refractivity contribution in [2.75, 3.05) is 7.05 Å². The summed E-state index contributed by atoms with van der Waals surface area (Å²) in [6.45, 7) is 1.61. The molecule has 1 unspecified atom stereocenters. The van der Waals surface area contributed by atoms with Crippen LogP contribution in [0.3, 0.4) is 0 Å². The van der Waals surface area contributed by atoms with E-state index < -0.39 is 23.0 Å². The topological polar surface area (TPSA) is 88.9 Å². The summed E-state index contributed by atoms with van der Waals surface area (Å²) < 4.78 is 16.1. The fourth-order valence-corrected chi connectivity index (χ4v) is 3.58. The van der Waals surface area contributed by atoms with Gasteiger partial charge in [0.1, 0.15) is 5.82 Å². The molecule has 2 aromatic carbocycles. The monoisotopic (exact) mass is 433 g/mol. The number of nitrogens with zero attached hydrogens (tertiary/aromatic N) is 3. The highest BCUT2D eigenvalue weighted by Gasteiger charge is 2.24. The second-order valence-corrected chi connectivity index (χ2v) is 7.62. The number of amides is 3. The van der Waals surface area contributed by atoms with Crippen LogP contribution in [0.1, 0.15) is 6.92 Å². The SMILES string of the molecule is CNC(=O)NC(=O)C(C)Sc1nnc(-c2ccccc2Cl)n1-c1ccccc1F. The van der Waals surface area contributed by atoms with Gasteiger partial charge in [0.2, 0.25) is 5.91 Å². The van der Waals surface area contributed by atoms with Gasteiger partial charge in [-0.2, -0.15) is 0 Å². The first-order valence-corrected chi connectivity index (χ1v) is 9.82. The molecule has 1 aromatic heterocycles. The quantitative estimate of drug-likeness (QED) is 0.599. The molecular weight excluding hydrogens is 417 g/mol. The van der Waals surface area contributed by atoms with Gasteiger partial charge in [-0.25, -0.2) is 9.18 Å². The first-order chi connectivity index (χ1) is 13.9. The van der Waals surface area contributed by atoms with Crippen LogP contribution in [0.4, 0.5) is 9.18 Å². The largest absolute Gasteiger partial charge is 0.341 e. The van der Waals surface area contributed by atoms with Crippen molar-refractivity contribution < 1.29 is 14.0 Å². The minimum Gasteiger partial charge on any atom is -0.341 e. The van der Waals surface area contributed by atoms with Gasteiger partial charge >= 0.3 is 6.03 Å². The molecule has 0 aliphatic rings. The number of benzene rings is 2. The molecule has 1 atom stereocenters. The van der Waals surface area contributed by atoms with Crippen LogP contribution in [0.25, 0.3) is 17.1 Å². The molecule has 0 saturated heterocycles. The smallest absolute Gasteiger partial charge is 0.321 e. The summed E-state index contributed by atoms with van der Waals surface area (Å²) in [5.41, 5.74) is 0.785. The zero-order chi connectivity index (χ0) is 21.0. The fourth-order valence-electron chi connectivity index (χ4n) is 2.50. The van der Waals surface area contributed by atoms with Gasteiger partial charge in [-0.1, -0.05) is 47.6 Å². The van der Waals surface area contributed by atoms with Crippen LogP contribution in [-0.4, -0.2) is 39.0 Å². The highest BCUT2D eigenvalue weighted by atomic mass is 35.5. The minimum atomic E-state index is -0.693. The molecule has 3 amide bonds. The number of aromatic nitrogens is 3. The Kier molecular flexibility index (Phi) is 6.50. The molecule has 3 rings (SSSR count). The number of imide groups is 1. The molecule has 1 heterocycles. The molecule has 29 heavy (non-hydrogen) atoms. The molecule has 10 heteroatoms. The van der Waals surface area contributed by atoms with Gasteiger partial charge in [-0.15, -0.1) is 10.2 Å². The average molecular weight is 434 g/mol. The normalized spacial score (nSPS) is 11.7. The summed E-state index contributed by atoms with van der Waals surface area (Å²) in [7, 11) is 1.41. The van der Waals surface area contributed by atoms with Crippen molar-refractivity contribution >= 4 is 35.3 Å². The highest BCUT2D eigenvalue weighted by molar-refractivity contribution is 8.00. The van der Waals surface area contributed by atoms with Crippen LogP contribution in [0.5, 0.6) is 0 Å². The van der Waals surface area contributed by atoms with E-state index in [1.807, 2.05) is 0 Å². The molecule has 150 valence electrons. The maximum atomic E-state index is 14.6. The van der Waals surface area contributed by atoms with Gasteiger partial charge in [-0.05, 0) is 31.2 Å². The molecule has 0 saturated carbocycles. The lowest BCUT2D eigenvalue weighted by Gasteiger charge is -2.14. The zero-order valence-corrected chi connectivity index (χ0v) is 17.1. The van der Waals surface area contributed by atoms with Crippen molar-refractivity contribution in [1.82, 2.24) is 25.4 Å². The number of rotatable bonds is 5. The van der Waals surface area contributed by atoms with Crippen molar-refractivity contribution in [2.24, 2.45) is 0 Å². The van der Waals surface area contributed by atoms with Gasteiger partial charge in [0.25, 0.3) is 0 Å². The van der Waals surface area contributed by atoms with Crippen molar-refractivity contribution in [1.29, 1.82) is 0 Å². The molecule has 0 radical (unpaired) electrons. The van der Waals surface area contributed by atoms with Crippen LogP contribution in [0.15, 0.2) is 53.7 Å². The Morgan fingerprint density at radius 3 is 2.52 bits per heavy atom. The van der Waals surface area contributed by atoms with Crippen LogP contribution in [0.2, 0.25) is 5.02 Å². The van der Waals surface area contributed by atoms with E-state index in [4.69, 9.17) is 11.6 Å². The van der Waals surface area contributed by atoms with Gasteiger partial charge in [-0.3, -0.25) is 14.7 Å². The zero-order valence-electron chi connectivity index (χ0n) is 15.5. The Hall–Kier alpha value is -2.91. The first kappa shape index (κ1) is 20.8. The summed E-state index contributed by atoms with van der Waals surface area (Å²) in [4.78, 5) is 23.6. The van der Waals surface area contributed by atoms with Crippen molar-refractivity contribution in [3.63, 3.8) is 0 Å². The predicted octanol–water partition coefficient (Wildman–Crippen LogP) is 3.66. The lowest BCUT2D eigenvalue weighted by atomic mass is 10.2. The lowest BCUT2D eigenvalue weighted by molar-refractivity contribution is -0.119. The number of hydrogen-bond donors (Lipinski definition) is 2. The molecule has 3 aromatic rings. The maximum absolute atomic E-state index is 14.6. The van der Waals surface area contributed by atoms with E-state index in [1.165, 1.54) is 17.7 Å². The number of urea groups is 1. The number of nitrogens with one attached hydrogen (secondary N) is 2. The molecule has 2 N–H and O–H groups in total. The van der Waals surface area contributed by atoms with E-state index in [2.05, 4.69) is 20.8 Å². The van der Waals surface area contributed by atoms with Gasteiger partial charge < -0.3 is 5.32 Å². The Labute approximate surface area is 175 Å². The van der Waals surface area contributed by atoms with Crippen molar-refractivity contribution in [3.8, 4) is 17.1 Å². The number of carbonyl (C=O) groups is 2. The number of para-hydroxylation sites is 1. The molecular formula is C19H17ClFN5O2S. The Bertz CT molecular complexity index is 1060. The number of thioether (sulfide) groups is 1. The van der Waals surface area contributed by atoms with Crippen LogP contribution < -0.4 is 10.6 Å². The second kappa shape index (κ2) is 9.06. The van der Waals surface area contributed by atoms with Gasteiger partial charge in [0.15, 0.2) is 11.0 Å². The molecule has 0 fully saturated rings. The summed E-state index contributed by atoms with van der Waals surface area (Å²) in [6.07, 6.45) is 0. The van der Waals surface area contributed by atoms with Gasteiger partial charge in [0.05, 0.1) is 16.0 Å². The fraction of sp³-hybridized carbons (Fsp3) is 0.158. The van der Waals surface area contributed by atoms with Crippen LogP contribution in [0, 0.1) is 5.82 Å². The van der Waals surface area contributed by atoms with Crippen molar-refractivity contribution in [2.45, 2.75) is 17.3 Å². The molecule has 0 aliphatic heterocycles. The van der Waals surface area contributed by atoms with Crippen molar-refractivity contribution in [3.05, 3.63) is 59.4 Å². The summed E-state index contributed by atoms with van der Waals surface area (Å²) >= 11 is 7.35. The first-order valence-electron chi connectivity index (χ1n) is 8.56. The van der Waals surface area contributed by atoms with Gasteiger partial charge in [0, 0.05) is 12.6 Å². The van der Waals surface area contributed by atoms with Crippen LogP contribution >= 0.6 is 23.4 Å². The molecule has 0 aliphatic carbocycles. The number of hydrogen-bond acceptors (Lipinski definition) is 5. The molecule has 0 bridgehead atoms. The average Bonchev–Trinajstić information content (AvgIpc) is 3.11. The van der Waals surface area contributed by atoms with E-state index in [1.54, 1.807) is 49.4 Å². The van der Waals surface area contributed by atoms with E-state index in [0.717, 1.165) is 11.8 Å². The maximum Gasteiger partial charge on any atom is 0.321 e. The summed E-state index contributed by atoms with van der Waals surface area (Å²) in [5, 5.41) is 12.9. The predicted molar refractivity (Wildman–Crippen MR) is 110 cm³/mol. The Morgan fingerprint density at radius 2 is 1.83 bits per heavy atom. The molecule has 0 spiro atoms. The highest BCUT2D eigenvalue weighted by Crippen LogP contribution is 2.33. The number of halogens is 2. The lowest BCUT2D eigenvalue weighted by Crippen LogP contribution is -2.41. The third kappa shape index (κ3) is 4.57. The third-order valence-corrected chi connectivity index (χ3v) is 5.33. The van der Waals surface area contributed by atoms with Crippen LogP contribution in [-0.2, 0) is 4.79 Å². The van der Waals surface area contributed by atoms with E-state index in [-0.39, 0.29) is 10.8 Å². The second-order valence-electron chi connectivity index (χ2n) is 5.90. The van der Waals surface area contributed by atoms with E-state index in [9.17, 15) is 14.0 Å². The number of carbonyl (C=O) groups excluding carboxylic acids is 2. The molecule has 7 nitrogen and oxygen atoms in total. The minimum absolute atomic E-state index is 0.217. The Balaban J connectivity index is 2.05. The van der Waals surface area contributed by atoms with E-state index in [0.29, 0.717) is 16.4 Å². The summed E-state index contributed by atoms with van der Waals surface area (Å²) in [5.74, 6) is -0.663. The summed E-state index contributed by atoms with van der Waals surface area (Å²) in [6, 6.07) is 12.6. The standard InChI is InChI=1S/C19H17ClFN5O2S/c1-11(17(27)23-18(28)22-2)29-19-25-24-16(12-7-3-4-8-13(12)20)26(19)15-10-6-5-9-14(15)21/h3-11H,1-2H3,(H2,22,23,27,28).